The third-order valence-corrected chi connectivity index (χ3v) is 9.51. The number of fused-ring (bicyclic) bond motifs is 1. The molecule has 8 nitrogen and oxygen atoms in total. The number of H-pyrrole nitrogens is 1. The van der Waals surface area contributed by atoms with Crippen molar-refractivity contribution in [3.05, 3.63) is 108 Å². The molecule has 5 heterocycles. The number of nitrogens with one attached hydrogen (secondary N) is 1. The molecule has 0 spiro atoms. The highest BCUT2D eigenvalue weighted by Gasteiger charge is 2.34. The van der Waals surface area contributed by atoms with Crippen LogP contribution in [-0.2, 0) is 17.9 Å². The van der Waals surface area contributed by atoms with Gasteiger partial charge >= 0.3 is 5.95 Å². The lowest BCUT2D eigenvalue weighted by molar-refractivity contribution is -0.365. The Labute approximate surface area is 266 Å². The van der Waals surface area contributed by atoms with Gasteiger partial charge in [0.15, 0.2) is 0 Å². The maximum Gasteiger partial charge on any atom is 0.386 e. The molecule has 5 aromatic rings. The van der Waals surface area contributed by atoms with Crippen molar-refractivity contribution in [1.82, 2.24) is 24.3 Å². The van der Waals surface area contributed by atoms with Crippen molar-refractivity contribution in [2.75, 3.05) is 31.9 Å². The zero-order chi connectivity index (χ0) is 31.6. The second kappa shape index (κ2) is 13.0. The normalized spacial score (nSPS) is 16.7. The van der Waals surface area contributed by atoms with Crippen molar-refractivity contribution in [1.29, 1.82) is 0 Å². The molecule has 3 aromatic heterocycles. The van der Waals surface area contributed by atoms with Crippen LogP contribution in [0.1, 0.15) is 48.3 Å². The first-order valence-corrected chi connectivity index (χ1v) is 16.0. The molecule has 2 aromatic carbocycles. The maximum atomic E-state index is 14.2. The molecule has 2 saturated heterocycles. The SMILES string of the molecule is Nc1ncc(CN2CCC(C(=O)N3CCC(c4c(-c5ccccn5)n(Cc5cc(F)cc(F)c5)c5ccccc45)CC3)CC2)c[nH+]1. The molecule has 2 aliphatic rings. The van der Waals surface area contributed by atoms with E-state index in [1.807, 2.05) is 36.5 Å². The van der Waals surface area contributed by atoms with Gasteiger partial charge in [-0.1, -0.05) is 29.2 Å². The topological polar surface area (TPSA) is 94.4 Å². The van der Waals surface area contributed by atoms with Crippen LogP contribution in [0.2, 0.25) is 0 Å². The van der Waals surface area contributed by atoms with E-state index in [1.54, 1.807) is 12.4 Å². The van der Waals surface area contributed by atoms with Gasteiger partial charge in [0.25, 0.3) is 0 Å². The van der Waals surface area contributed by atoms with Crippen LogP contribution in [0.25, 0.3) is 22.3 Å². The average Bonchev–Trinajstić information content (AvgIpc) is 3.39. The number of likely N-dealkylation sites (tertiary alicyclic amines) is 2. The smallest absolute Gasteiger partial charge is 0.342 e. The van der Waals surface area contributed by atoms with E-state index in [0.29, 0.717) is 31.1 Å². The second-order valence-corrected chi connectivity index (χ2v) is 12.5. The van der Waals surface area contributed by atoms with Crippen LogP contribution in [0.5, 0.6) is 0 Å². The summed E-state index contributed by atoms with van der Waals surface area (Å²) in [6.45, 7) is 4.25. The number of para-hydroxylation sites is 1. The Hall–Kier alpha value is -4.70. The summed E-state index contributed by atoms with van der Waals surface area (Å²) in [5.74, 6) is -0.263. The van der Waals surface area contributed by atoms with Crippen LogP contribution in [0.15, 0.2) is 79.3 Å². The molecule has 0 unspecified atom stereocenters. The lowest BCUT2D eigenvalue weighted by Crippen LogP contribution is -2.45. The molecule has 3 N–H and O–H groups in total. The third-order valence-electron chi connectivity index (χ3n) is 9.51. The zero-order valence-electron chi connectivity index (χ0n) is 25.7. The number of carbonyl (C=O) groups is 1. The van der Waals surface area contributed by atoms with Gasteiger partial charge in [-0.2, -0.15) is 0 Å². The van der Waals surface area contributed by atoms with Gasteiger partial charge in [-0.05, 0) is 86.1 Å². The molecule has 236 valence electrons. The molecule has 0 saturated carbocycles. The second-order valence-electron chi connectivity index (χ2n) is 12.5. The third kappa shape index (κ3) is 6.22. The van der Waals surface area contributed by atoms with Crippen LogP contribution in [-0.4, -0.2) is 56.4 Å². The Bertz CT molecular complexity index is 1810. The number of aromatic amines is 1. The van der Waals surface area contributed by atoms with E-state index in [4.69, 9.17) is 10.7 Å². The van der Waals surface area contributed by atoms with Gasteiger partial charge in [0.05, 0.1) is 17.6 Å². The number of hydrogen-bond donors (Lipinski definition) is 1. The molecule has 46 heavy (non-hydrogen) atoms. The van der Waals surface area contributed by atoms with Crippen LogP contribution < -0.4 is 10.7 Å². The van der Waals surface area contributed by atoms with Crippen molar-refractivity contribution >= 4 is 22.8 Å². The van der Waals surface area contributed by atoms with Gasteiger partial charge in [0.1, 0.15) is 17.8 Å². The number of amides is 1. The molecular formula is C36H38F2N7O+. The Morgan fingerprint density at radius 3 is 2.30 bits per heavy atom. The summed E-state index contributed by atoms with van der Waals surface area (Å²) < 4.78 is 30.6. The van der Waals surface area contributed by atoms with Gasteiger partial charge in [-0.15, -0.1) is 0 Å². The van der Waals surface area contributed by atoms with Crippen molar-refractivity contribution in [3.8, 4) is 11.4 Å². The minimum atomic E-state index is -0.591. The molecule has 0 aliphatic carbocycles. The summed E-state index contributed by atoms with van der Waals surface area (Å²) in [5.41, 5.74) is 11.3. The molecule has 0 bridgehead atoms. The van der Waals surface area contributed by atoms with Crippen molar-refractivity contribution < 1.29 is 18.6 Å². The van der Waals surface area contributed by atoms with Crippen molar-refractivity contribution in [2.45, 2.75) is 44.7 Å². The van der Waals surface area contributed by atoms with Gasteiger partial charge in [0.2, 0.25) is 5.91 Å². The van der Waals surface area contributed by atoms with E-state index >= 15 is 0 Å². The largest absolute Gasteiger partial charge is 0.386 e. The highest BCUT2D eigenvalue weighted by Crippen LogP contribution is 2.42. The molecule has 7 rings (SSSR count). The Balaban J connectivity index is 1.09. The number of halogens is 2. The number of carbonyl (C=O) groups excluding carboxylic acids is 1. The lowest BCUT2D eigenvalue weighted by atomic mass is 9.85. The number of aromatic nitrogens is 4. The summed E-state index contributed by atoms with van der Waals surface area (Å²) in [6, 6.07) is 17.8. The lowest BCUT2D eigenvalue weighted by Gasteiger charge is -2.37. The number of nitrogen functional groups attached to an aromatic ring is 1. The first kappa shape index (κ1) is 30.0. The molecule has 2 aliphatic heterocycles. The summed E-state index contributed by atoms with van der Waals surface area (Å²) >= 11 is 0. The monoisotopic (exact) mass is 622 g/mol. The number of nitrogens with two attached hydrogens (primary N) is 1. The predicted molar refractivity (Wildman–Crippen MR) is 172 cm³/mol. The molecule has 10 heteroatoms. The van der Waals surface area contributed by atoms with E-state index in [9.17, 15) is 13.6 Å². The number of pyridine rings is 1. The van der Waals surface area contributed by atoms with E-state index < -0.39 is 11.6 Å². The number of hydrogen-bond acceptors (Lipinski definition) is 5. The molecule has 0 radical (unpaired) electrons. The quantitative estimate of drug-likeness (QED) is 0.261. The standard InChI is InChI=1S/C36H37F2N7O/c37-28-17-24(18-29(38)19-28)23-45-32-7-2-1-5-30(32)33(34(45)31-6-3-4-12-40-31)26-10-15-44(16-11-26)35(46)27-8-13-43(14-9-27)22-25-20-41-36(39)42-21-25/h1-7,12,17-21,26-27H,8-11,13-16,22-23H2,(H2,39,41,42)/p+1. The summed E-state index contributed by atoms with van der Waals surface area (Å²) in [6.07, 6.45) is 8.85. The molecule has 2 fully saturated rings. The number of anilines is 1. The first-order valence-electron chi connectivity index (χ1n) is 16.0. The highest BCUT2D eigenvalue weighted by molar-refractivity contribution is 5.92. The van der Waals surface area contributed by atoms with Crippen molar-refractivity contribution in [3.63, 3.8) is 0 Å². The fourth-order valence-corrected chi connectivity index (χ4v) is 7.29. The Kier molecular flexibility index (Phi) is 8.45. The average molecular weight is 623 g/mol. The van der Waals surface area contributed by atoms with E-state index in [0.717, 1.165) is 79.2 Å². The minimum absolute atomic E-state index is 0.0431. The van der Waals surface area contributed by atoms with Crippen LogP contribution in [0.3, 0.4) is 0 Å². The van der Waals surface area contributed by atoms with E-state index in [-0.39, 0.29) is 17.7 Å². The molecule has 1 amide bonds. The molecular weight excluding hydrogens is 584 g/mol. The summed E-state index contributed by atoms with van der Waals surface area (Å²) in [4.78, 5) is 29.9. The number of benzene rings is 2. The molecule has 0 atom stereocenters. The number of nitrogens with zero attached hydrogens (tertiary/aromatic N) is 5. The van der Waals surface area contributed by atoms with Crippen LogP contribution in [0, 0.1) is 17.6 Å². The fraction of sp³-hybridized carbons (Fsp3) is 0.333. The predicted octanol–water partition coefficient (Wildman–Crippen LogP) is 5.44. The highest BCUT2D eigenvalue weighted by atomic mass is 19.1. The van der Waals surface area contributed by atoms with Gasteiger partial charge < -0.3 is 9.47 Å². The Morgan fingerprint density at radius 1 is 0.870 bits per heavy atom. The summed E-state index contributed by atoms with van der Waals surface area (Å²) in [5, 5.41) is 1.12. The van der Waals surface area contributed by atoms with E-state index in [2.05, 4.69) is 36.5 Å². The number of rotatable bonds is 7. The first-order chi connectivity index (χ1) is 22.4. The maximum absolute atomic E-state index is 14.2. The minimum Gasteiger partial charge on any atom is -0.342 e. The van der Waals surface area contributed by atoms with Gasteiger partial charge in [-0.25, -0.2) is 13.8 Å². The van der Waals surface area contributed by atoms with E-state index in [1.165, 1.54) is 17.7 Å². The van der Waals surface area contributed by atoms with Gasteiger partial charge in [0, 0.05) is 60.8 Å². The number of piperidine rings is 2. The summed E-state index contributed by atoms with van der Waals surface area (Å²) in [7, 11) is 0. The van der Waals surface area contributed by atoms with Crippen LogP contribution in [0.4, 0.5) is 14.7 Å². The zero-order valence-corrected chi connectivity index (χ0v) is 25.7. The fourth-order valence-electron chi connectivity index (χ4n) is 7.29. The van der Waals surface area contributed by atoms with Crippen LogP contribution >= 0.6 is 0 Å². The Morgan fingerprint density at radius 2 is 1.61 bits per heavy atom. The van der Waals surface area contributed by atoms with Gasteiger partial charge in [-0.3, -0.25) is 20.4 Å². The van der Waals surface area contributed by atoms with Crippen molar-refractivity contribution in [2.24, 2.45) is 5.92 Å².